The van der Waals surface area contributed by atoms with E-state index in [9.17, 15) is 5.11 Å². The minimum absolute atomic E-state index is 0.298. The highest BCUT2D eigenvalue weighted by atomic mass is 16.3. The van der Waals surface area contributed by atoms with Gasteiger partial charge in [-0.15, -0.1) is 0 Å². The molecule has 0 aromatic rings. The van der Waals surface area contributed by atoms with Gasteiger partial charge in [-0.1, -0.05) is 26.7 Å². The maximum atomic E-state index is 9.19. The highest BCUT2D eigenvalue weighted by Gasteiger charge is 2.22. The van der Waals surface area contributed by atoms with E-state index < -0.39 is 0 Å². The summed E-state index contributed by atoms with van der Waals surface area (Å²) in [4.78, 5) is 2.66. The van der Waals surface area contributed by atoms with Crippen LogP contribution in [-0.4, -0.2) is 48.3 Å². The molecule has 1 aliphatic rings. The van der Waals surface area contributed by atoms with Crippen molar-refractivity contribution in [3.63, 3.8) is 0 Å². The van der Waals surface area contributed by atoms with Crippen LogP contribution in [0.3, 0.4) is 0 Å². The SMILES string of the molecule is CCCNC(CCO)CN1CCCCCC1CC. The van der Waals surface area contributed by atoms with Crippen LogP contribution in [0.2, 0.25) is 0 Å². The monoisotopic (exact) mass is 256 g/mol. The van der Waals surface area contributed by atoms with Crippen LogP contribution in [0.4, 0.5) is 0 Å². The smallest absolute Gasteiger partial charge is 0.0446 e. The summed E-state index contributed by atoms with van der Waals surface area (Å²) in [6, 6.07) is 1.22. The molecule has 0 aliphatic carbocycles. The van der Waals surface area contributed by atoms with Gasteiger partial charge in [0.15, 0.2) is 0 Å². The van der Waals surface area contributed by atoms with Crippen molar-refractivity contribution >= 4 is 0 Å². The van der Waals surface area contributed by atoms with Crippen LogP contribution in [0.5, 0.6) is 0 Å². The zero-order valence-electron chi connectivity index (χ0n) is 12.3. The Labute approximate surface area is 113 Å². The Balaban J connectivity index is 2.46. The summed E-state index contributed by atoms with van der Waals surface area (Å²) in [5.41, 5.74) is 0. The van der Waals surface area contributed by atoms with Gasteiger partial charge in [-0.05, 0) is 45.2 Å². The molecule has 18 heavy (non-hydrogen) atoms. The number of rotatable bonds is 8. The molecule has 0 bridgehead atoms. The van der Waals surface area contributed by atoms with Gasteiger partial charge in [-0.3, -0.25) is 4.90 Å². The van der Waals surface area contributed by atoms with Crippen molar-refractivity contribution in [3.05, 3.63) is 0 Å². The third-order valence-electron chi connectivity index (χ3n) is 4.09. The number of nitrogens with zero attached hydrogens (tertiary/aromatic N) is 1. The fraction of sp³-hybridized carbons (Fsp3) is 1.00. The first kappa shape index (κ1) is 15.9. The van der Waals surface area contributed by atoms with Gasteiger partial charge in [0.05, 0.1) is 0 Å². The van der Waals surface area contributed by atoms with Crippen molar-refractivity contribution in [2.24, 2.45) is 0 Å². The van der Waals surface area contributed by atoms with Crippen molar-refractivity contribution in [2.75, 3.05) is 26.2 Å². The maximum absolute atomic E-state index is 9.19. The molecular formula is C15H32N2O. The number of nitrogens with one attached hydrogen (secondary N) is 1. The molecule has 3 heteroatoms. The van der Waals surface area contributed by atoms with Crippen LogP contribution in [0.25, 0.3) is 0 Å². The maximum Gasteiger partial charge on any atom is 0.0446 e. The van der Waals surface area contributed by atoms with Gasteiger partial charge in [-0.2, -0.15) is 0 Å². The predicted octanol–water partition coefficient (Wildman–Crippen LogP) is 2.39. The molecule has 1 saturated heterocycles. The van der Waals surface area contributed by atoms with E-state index in [1.165, 1.54) is 45.1 Å². The molecule has 0 spiro atoms. The summed E-state index contributed by atoms with van der Waals surface area (Å²) in [6.45, 7) is 8.22. The Morgan fingerprint density at radius 1 is 1.28 bits per heavy atom. The largest absolute Gasteiger partial charge is 0.396 e. The molecule has 1 rings (SSSR count). The summed E-state index contributed by atoms with van der Waals surface area (Å²) in [5.74, 6) is 0. The molecule has 1 fully saturated rings. The zero-order valence-corrected chi connectivity index (χ0v) is 12.3. The summed E-state index contributed by atoms with van der Waals surface area (Å²) < 4.78 is 0. The molecule has 0 aromatic carbocycles. The van der Waals surface area contributed by atoms with Gasteiger partial charge >= 0.3 is 0 Å². The van der Waals surface area contributed by atoms with Crippen molar-refractivity contribution in [1.29, 1.82) is 0 Å². The van der Waals surface area contributed by atoms with Gasteiger partial charge in [0.25, 0.3) is 0 Å². The second-order valence-corrected chi connectivity index (χ2v) is 5.57. The topological polar surface area (TPSA) is 35.5 Å². The van der Waals surface area contributed by atoms with Gasteiger partial charge in [0.2, 0.25) is 0 Å². The highest BCUT2D eigenvalue weighted by molar-refractivity contribution is 4.79. The lowest BCUT2D eigenvalue weighted by molar-refractivity contribution is 0.160. The van der Waals surface area contributed by atoms with Crippen LogP contribution < -0.4 is 5.32 Å². The van der Waals surface area contributed by atoms with E-state index >= 15 is 0 Å². The van der Waals surface area contributed by atoms with Gasteiger partial charge in [-0.25, -0.2) is 0 Å². The van der Waals surface area contributed by atoms with E-state index in [1.54, 1.807) is 0 Å². The minimum atomic E-state index is 0.298. The Bertz CT molecular complexity index is 199. The molecule has 0 saturated carbocycles. The second kappa shape index (κ2) is 9.76. The van der Waals surface area contributed by atoms with E-state index in [2.05, 4.69) is 24.1 Å². The Hall–Kier alpha value is -0.120. The zero-order chi connectivity index (χ0) is 13.2. The van der Waals surface area contributed by atoms with E-state index in [-0.39, 0.29) is 0 Å². The van der Waals surface area contributed by atoms with E-state index in [0.717, 1.165) is 25.6 Å². The molecular weight excluding hydrogens is 224 g/mol. The Morgan fingerprint density at radius 3 is 2.78 bits per heavy atom. The molecule has 1 heterocycles. The summed E-state index contributed by atoms with van der Waals surface area (Å²) >= 11 is 0. The van der Waals surface area contributed by atoms with Crippen LogP contribution in [0.15, 0.2) is 0 Å². The highest BCUT2D eigenvalue weighted by Crippen LogP contribution is 2.19. The van der Waals surface area contributed by atoms with Gasteiger partial charge < -0.3 is 10.4 Å². The number of hydrogen-bond acceptors (Lipinski definition) is 3. The Kier molecular flexibility index (Phi) is 8.64. The van der Waals surface area contributed by atoms with Crippen LogP contribution in [0, 0.1) is 0 Å². The average molecular weight is 256 g/mol. The third-order valence-corrected chi connectivity index (χ3v) is 4.09. The first-order valence-corrected chi connectivity index (χ1v) is 7.90. The first-order chi connectivity index (χ1) is 8.81. The van der Waals surface area contributed by atoms with E-state index in [0.29, 0.717) is 12.6 Å². The van der Waals surface area contributed by atoms with Crippen LogP contribution in [-0.2, 0) is 0 Å². The quantitative estimate of drug-likeness (QED) is 0.700. The number of likely N-dealkylation sites (tertiary alicyclic amines) is 1. The average Bonchev–Trinajstić information content (AvgIpc) is 2.61. The minimum Gasteiger partial charge on any atom is -0.396 e. The molecule has 2 atom stereocenters. The van der Waals surface area contributed by atoms with Gasteiger partial charge in [0.1, 0.15) is 0 Å². The number of hydrogen-bond donors (Lipinski definition) is 2. The lowest BCUT2D eigenvalue weighted by Crippen LogP contribution is -2.45. The first-order valence-electron chi connectivity index (χ1n) is 7.90. The van der Waals surface area contributed by atoms with E-state index in [4.69, 9.17) is 0 Å². The van der Waals surface area contributed by atoms with E-state index in [1.807, 2.05) is 0 Å². The Morgan fingerprint density at radius 2 is 2.11 bits per heavy atom. The molecule has 3 nitrogen and oxygen atoms in total. The van der Waals surface area contributed by atoms with Crippen molar-refractivity contribution in [1.82, 2.24) is 10.2 Å². The molecule has 2 N–H and O–H groups in total. The number of aliphatic hydroxyl groups is 1. The normalized spacial score (nSPS) is 23.8. The lowest BCUT2D eigenvalue weighted by Gasteiger charge is -2.33. The lowest BCUT2D eigenvalue weighted by atomic mass is 10.1. The molecule has 2 unspecified atom stereocenters. The van der Waals surface area contributed by atoms with Gasteiger partial charge in [0, 0.05) is 25.2 Å². The molecule has 1 aliphatic heterocycles. The van der Waals surface area contributed by atoms with Crippen molar-refractivity contribution in [3.8, 4) is 0 Å². The third kappa shape index (κ3) is 5.68. The summed E-state index contributed by atoms with van der Waals surface area (Å²) in [6.07, 6.45) is 8.79. The van der Waals surface area contributed by atoms with Crippen LogP contribution in [0.1, 0.15) is 58.8 Å². The second-order valence-electron chi connectivity index (χ2n) is 5.57. The fourth-order valence-corrected chi connectivity index (χ4v) is 2.98. The van der Waals surface area contributed by atoms with Crippen molar-refractivity contribution < 1.29 is 5.11 Å². The predicted molar refractivity (Wildman–Crippen MR) is 77.9 cm³/mol. The summed E-state index contributed by atoms with van der Waals surface area (Å²) in [7, 11) is 0. The fourth-order valence-electron chi connectivity index (χ4n) is 2.98. The summed E-state index contributed by atoms with van der Waals surface area (Å²) in [5, 5.41) is 12.8. The molecule has 0 radical (unpaired) electrons. The molecule has 0 aromatic heterocycles. The van der Waals surface area contributed by atoms with Crippen molar-refractivity contribution in [2.45, 2.75) is 70.9 Å². The number of aliphatic hydroxyl groups excluding tert-OH is 1. The molecule has 108 valence electrons. The standard InChI is InChI=1S/C15H32N2O/c1-3-10-16-14(9-12-18)13-17-11-7-5-6-8-15(17)4-2/h14-16,18H,3-13H2,1-2H3. The van der Waals surface area contributed by atoms with Crippen LogP contribution >= 0.6 is 0 Å². The molecule has 0 amide bonds.